The zero-order valence-corrected chi connectivity index (χ0v) is 13.5. The normalized spacial score (nSPS) is 16.9. The molecule has 0 amide bonds. The fourth-order valence-electron chi connectivity index (χ4n) is 2.15. The molecule has 2 rings (SSSR count). The Bertz CT molecular complexity index is 446. The third-order valence-electron chi connectivity index (χ3n) is 3.66. The molecule has 1 heterocycles. The van der Waals surface area contributed by atoms with Crippen molar-refractivity contribution in [3.8, 4) is 0 Å². The summed E-state index contributed by atoms with van der Waals surface area (Å²) in [4.78, 5) is 9.35. The zero-order chi connectivity index (χ0) is 14.8. The van der Waals surface area contributed by atoms with Crippen LogP contribution < -0.4 is 10.6 Å². The van der Waals surface area contributed by atoms with Gasteiger partial charge in [-0.05, 0) is 32.1 Å². The van der Waals surface area contributed by atoms with Gasteiger partial charge in [-0.3, -0.25) is 0 Å². The van der Waals surface area contributed by atoms with E-state index in [1.807, 2.05) is 6.07 Å². The Kier molecular flexibility index (Phi) is 4.51. The van der Waals surface area contributed by atoms with Gasteiger partial charge in [0, 0.05) is 24.1 Å². The lowest BCUT2D eigenvalue weighted by molar-refractivity contribution is 0.545. The number of anilines is 2. The second kappa shape index (κ2) is 5.98. The highest BCUT2D eigenvalue weighted by atomic mass is 15.1. The molecule has 112 valence electrons. The molecule has 0 radical (unpaired) electrons. The molecular formula is C16H28N4. The van der Waals surface area contributed by atoms with E-state index in [1.54, 1.807) is 0 Å². The fraction of sp³-hybridized carbons (Fsp3) is 0.750. The van der Waals surface area contributed by atoms with E-state index in [0.29, 0.717) is 6.04 Å². The standard InChI is InChI=1S/C16H28N4/c1-6-9-17-13-10-14(18-11(2)12-7-8-12)20-15(19-13)16(3,4)5/h10-12H,6-9H2,1-5H3,(H2,17,18,19,20). The quantitative estimate of drug-likeness (QED) is 0.829. The maximum Gasteiger partial charge on any atom is 0.138 e. The summed E-state index contributed by atoms with van der Waals surface area (Å²) in [5.41, 5.74) is -0.0385. The highest BCUT2D eigenvalue weighted by molar-refractivity contribution is 5.48. The third-order valence-corrected chi connectivity index (χ3v) is 3.66. The first-order valence-electron chi connectivity index (χ1n) is 7.80. The highest BCUT2D eigenvalue weighted by Crippen LogP contribution is 2.34. The molecule has 20 heavy (non-hydrogen) atoms. The average Bonchev–Trinajstić information content (AvgIpc) is 3.19. The van der Waals surface area contributed by atoms with Gasteiger partial charge < -0.3 is 10.6 Å². The molecule has 1 unspecified atom stereocenters. The van der Waals surface area contributed by atoms with E-state index in [4.69, 9.17) is 4.98 Å². The number of aromatic nitrogens is 2. The number of hydrogen-bond donors (Lipinski definition) is 2. The predicted molar refractivity (Wildman–Crippen MR) is 85.3 cm³/mol. The van der Waals surface area contributed by atoms with E-state index < -0.39 is 0 Å². The highest BCUT2D eigenvalue weighted by Gasteiger charge is 2.28. The second-order valence-electron chi connectivity index (χ2n) is 6.91. The minimum Gasteiger partial charge on any atom is -0.370 e. The molecule has 1 aliphatic rings. The van der Waals surface area contributed by atoms with E-state index in [-0.39, 0.29) is 5.41 Å². The van der Waals surface area contributed by atoms with Gasteiger partial charge in [0.15, 0.2) is 0 Å². The Morgan fingerprint density at radius 2 is 1.90 bits per heavy atom. The summed E-state index contributed by atoms with van der Waals surface area (Å²) < 4.78 is 0. The van der Waals surface area contributed by atoms with Crippen LogP contribution in [0.2, 0.25) is 0 Å². The number of nitrogens with one attached hydrogen (secondary N) is 2. The summed E-state index contributed by atoms with van der Waals surface area (Å²) in [6.07, 6.45) is 3.77. The van der Waals surface area contributed by atoms with Gasteiger partial charge in [-0.25, -0.2) is 9.97 Å². The van der Waals surface area contributed by atoms with E-state index in [2.05, 4.69) is 50.2 Å². The van der Waals surface area contributed by atoms with Crippen LogP contribution in [0.15, 0.2) is 6.07 Å². The van der Waals surface area contributed by atoms with Gasteiger partial charge in [0.05, 0.1) is 0 Å². The van der Waals surface area contributed by atoms with Gasteiger partial charge >= 0.3 is 0 Å². The van der Waals surface area contributed by atoms with Crippen LogP contribution in [0.5, 0.6) is 0 Å². The first kappa shape index (κ1) is 15.1. The minimum atomic E-state index is -0.0385. The Labute approximate surface area is 122 Å². The Balaban J connectivity index is 2.19. The number of nitrogens with zero attached hydrogens (tertiary/aromatic N) is 2. The lowest BCUT2D eigenvalue weighted by Crippen LogP contribution is -2.22. The molecule has 0 spiro atoms. The van der Waals surface area contributed by atoms with Crippen LogP contribution in [-0.4, -0.2) is 22.6 Å². The topological polar surface area (TPSA) is 49.8 Å². The molecule has 1 saturated carbocycles. The second-order valence-corrected chi connectivity index (χ2v) is 6.91. The van der Waals surface area contributed by atoms with Gasteiger partial charge in [0.2, 0.25) is 0 Å². The summed E-state index contributed by atoms with van der Waals surface area (Å²) in [5, 5.41) is 6.92. The Morgan fingerprint density at radius 1 is 1.25 bits per heavy atom. The first-order valence-corrected chi connectivity index (χ1v) is 7.80. The molecule has 1 fully saturated rings. The van der Waals surface area contributed by atoms with Crippen LogP contribution >= 0.6 is 0 Å². The van der Waals surface area contributed by atoms with Crippen LogP contribution in [0.25, 0.3) is 0 Å². The molecule has 0 bridgehead atoms. The van der Waals surface area contributed by atoms with Crippen molar-refractivity contribution in [2.45, 2.75) is 65.3 Å². The summed E-state index contributed by atoms with van der Waals surface area (Å²) in [5.74, 6) is 3.58. The maximum absolute atomic E-state index is 4.70. The van der Waals surface area contributed by atoms with Crippen molar-refractivity contribution in [3.05, 3.63) is 11.9 Å². The van der Waals surface area contributed by atoms with Gasteiger partial charge in [-0.2, -0.15) is 0 Å². The molecule has 0 saturated heterocycles. The van der Waals surface area contributed by atoms with Gasteiger partial charge in [-0.15, -0.1) is 0 Å². The number of rotatable bonds is 6. The van der Waals surface area contributed by atoms with Gasteiger partial charge in [-0.1, -0.05) is 27.7 Å². The van der Waals surface area contributed by atoms with Crippen molar-refractivity contribution in [3.63, 3.8) is 0 Å². The van der Waals surface area contributed by atoms with E-state index in [9.17, 15) is 0 Å². The lowest BCUT2D eigenvalue weighted by atomic mass is 9.96. The Hall–Kier alpha value is -1.32. The molecule has 1 aromatic rings. The Morgan fingerprint density at radius 3 is 2.45 bits per heavy atom. The molecule has 0 aromatic carbocycles. The predicted octanol–water partition coefficient (Wildman–Crippen LogP) is 3.81. The maximum atomic E-state index is 4.70. The molecule has 4 nitrogen and oxygen atoms in total. The molecule has 0 aliphatic heterocycles. The van der Waals surface area contributed by atoms with Crippen molar-refractivity contribution in [2.24, 2.45) is 5.92 Å². The van der Waals surface area contributed by atoms with Crippen molar-refractivity contribution in [1.82, 2.24) is 9.97 Å². The SMILES string of the molecule is CCCNc1cc(NC(C)C2CC2)nc(C(C)(C)C)n1. The third kappa shape index (κ3) is 4.09. The van der Waals surface area contributed by atoms with Crippen LogP contribution in [0.1, 0.15) is 59.7 Å². The smallest absolute Gasteiger partial charge is 0.138 e. The van der Waals surface area contributed by atoms with Crippen LogP contribution in [0, 0.1) is 5.92 Å². The minimum absolute atomic E-state index is 0.0385. The zero-order valence-electron chi connectivity index (χ0n) is 13.5. The molecule has 1 aromatic heterocycles. The number of hydrogen-bond acceptors (Lipinski definition) is 4. The van der Waals surface area contributed by atoms with E-state index in [0.717, 1.165) is 36.3 Å². The average molecular weight is 276 g/mol. The largest absolute Gasteiger partial charge is 0.370 e. The summed E-state index contributed by atoms with van der Waals surface area (Å²) in [6.45, 7) is 11.8. The lowest BCUT2D eigenvalue weighted by Gasteiger charge is -2.21. The van der Waals surface area contributed by atoms with Crippen molar-refractivity contribution in [1.29, 1.82) is 0 Å². The summed E-state index contributed by atoms with van der Waals surface area (Å²) >= 11 is 0. The van der Waals surface area contributed by atoms with Crippen LogP contribution in [-0.2, 0) is 5.41 Å². The van der Waals surface area contributed by atoms with E-state index >= 15 is 0 Å². The monoisotopic (exact) mass is 276 g/mol. The molecule has 4 heteroatoms. The summed E-state index contributed by atoms with van der Waals surface area (Å²) in [7, 11) is 0. The van der Waals surface area contributed by atoms with Gasteiger partial charge in [0.1, 0.15) is 17.5 Å². The van der Waals surface area contributed by atoms with Crippen LogP contribution in [0.3, 0.4) is 0 Å². The molecular weight excluding hydrogens is 248 g/mol. The van der Waals surface area contributed by atoms with Crippen molar-refractivity contribution < 1.29 is 0 Å². The molecule has 2 N–H and O–H groups in total. The van der Waals surface area contributed by atoms with Gasteiger partial charge in [0.25, 0.3) is 0 Å². The van der Waals surface area contributed by atoms with Crippen molar-refractivity contribution >= 4 is 11.6 Å². The molecule has 1 atom stereocenters. The molecule has 1 aliphatic carbocycles. The van der Waals surface area contributed by atoms with E-state index in [1.165, 1.54) is 12.8 Å². The first-order chi connectivity index (χ1) is 9.40. The van der Waals surface area contributed by atoms with Crippen LogP contribution in [0.4, 0.5) is 11.6 Å². The van der Waals surface area contributed by atoms with Crippen molar-refractivity contribution in [2.75, 3.05) is 17.2 Å². The summed E-state index contributed by atoms with van der Waals surface area (Å²) in [6, 6.07) is 2.53. The fourth-order valence-corrected chi connectivity index (χ4v) is 2.15.